The molecular weight excluding hydrogens is 292 g/mol. The van der Waals surface area contributed by atoms with Gasteiger partial charge in [-0.2, -0.15) is 0 Å². The van der Waals surface area contributed by atoms with Gasteiger partial charge in [0, 0.05) is 19.8 Å². The fourth-order valence-electron chi connectivity index (χ4n) is 1.79. The standard InChI is InChI=1S/C14H14N2O4S/c1-15(2)10-5-3-9(4-6-10)7-11-13(19)16(8-12(17)18)14(20)21-11/h3-7H,8H2,1-2H3,(H,17,18)/p-1. The van der Waals surface area contributed by atoms with E-state index in [1.165, 1.54) is 0 Å². The van der Waals surface area contributed by atoms with Gasteiger partial charge in [-0.1, -0.05) is 12.1 Å². The number of rotatable bonds is 4. The minimum Gasteiger partial charge on any atom is -0.548 e. The molecule has 0 N–H and O–H groups in total. The SMILES string of the molecule is CN(C)c1ccc(C=C2SC(=O)N(CC(=O)[O-])C2=O)cc1. The van der Waals surface area contributed by atoms with E-state index in [-0.39, 0.29) is 4.91 Å². The van der Waals surface area contributed by atoms with Gasteiger partial charge in [-0.25, -0.2) is 0 Å². The first-order chi connectivity index (χ1) is 9.88. The van der Waals surface area contributed by atoms with E-state index in [2.05, 4.69) is 0 Å². The molecule has 2 rings (SSSR count). The number of carboxylic acid groups (broad SMARTS) is 1. The summed E-state index contributed by atoms with van der Waals surface area (Å²) >= 11 is 0.726. The highest BCUT2D eigenvalue weighted by molar-refractivity contribution is 8.18. The topological polar surface area (TPSA) is 80.8 Å². The molecule has 0 saturated carbocycles. The fourth-order valence-corrected chi connectivity index (χ4v) is 2.62. The van der Waals surface area contributed by atoms with Gasteiger partial charge >= 0.3 is 0 Å². The highest BCUT2D eigenvalue weighted by Gasteiger charge is 2.34. The first-order valence-electron chi connectivity index (χ1n) is 6.11. The summed E-state index contributed by atoms with van der Waals surface area (Å²) < 4.78 is 0. The van der Waals surface area contributed by atoms with Crippen LogP contribution >= 0.6 is 11.8 Å². The molecule has 7 heteroatoms. The van der Waals surface area contributed by atoms with Gasteiger partial charge in [0.2, 0.25) is 0 Å². The Morgan fingerprint density at radius 2 is 1.90 bits per heavy atom. The molecule has 0 aliphatic carbocycles. The first-order valence-corrected chi connectivity index (χ1v) is 6.92. The molecule has 0 unspecified atom stereocenters. The van der Waals surface area contributed by atoms with Crippen molar-refractivity contribution < 1.29 is 19.5 Å². The third-order valence-corrected chi connectivity index (χ3v) is 3.78. The highest BCUT2D eigenvalue weighted by atomic mass is 32.2. The number of hydrogen-bond donors (Lipinski definition) is 0. The summed E-state index contributed by atoms with van der Waals surface area (Å²) in [4.78, 5) is 36.9. The maximum atomic E-state index is 11.9. The van der Waals surface area contributed by atoms with E-state index in [0.29, 0.717) is 4.90 Å². The summed E-state index contributed by atoms with van der Waals surface area (Å²) in [6.07, 6.45) is 1.57. The molecule has 1 aromatic carbocycles. The molecule has 1 saturated heterocycles. The quantitative estimate of drug-likeness (QED) is 0.755. The lowest BCUT2D eigenvalue weighted by molar-refractivity contribution is -0.305. The molecule has 0 radical (unpaired) electrons. The third kappa shape index (κ3) is 3.43. The van der Waals surface area contributed by atoms with E-state index in [4.69, 9.17) is 0 Å². The van der Waals surface area contributed by atoms with Crippen molar-refractivity contribution in [1.82, 2.24) is 4.90 Å². The van der Waals surface area contributed by atoms with Crippen LogP contribution in [0.15, 0.2) is 29.2 Å². The number of nitrogens with zero attached hydrogens (tertiary/aromatic N) is 2. The Hall–Kier alpha value is -2.28. The van der Waals surface area contributed by atoms with Crippen molar-refractivity contribution in [2.24, 2.45) is 0 Å². The monoisotopic (exact) mass is 305 g/mol. The van der Waals surface area contributed by atoms with Gasteiger partial charge in [-0.3, -0.25) is 14.5 Å². The molecule has 1 fully saturated rings. The lowest BCUT2D eigenvalue weighted by Crippen LogP contribution is -2.40. The van der Waals surface area contributed by atoms with Crippen LogP contribution in [0.3, 0.4) is 0 Å². The number of thioether (sulfide) groups is 1. The lowest BCUT2D eigenvalue weighted by Gasteiger charge is -2.12. The van der Waals surface area contributed by atoms with Crippen molar-refractivity contribution in [3.63, 3.8) is 0 Å². The van der Waals surface area contributed by atoms with Gasteiger partial charge in [0.25, 0.3) is 11.1 Å². The van der Waals surface area contributed by atoms with Crippen molar-refractivity contribution in [2.75, 3.05) is 25.5 Å². The van der Waals surface area contributed by atoms with Crippen LogP contribution in [0, 0.1) is 0 Å². The van der Waals surface area contributed by atoms with Crippen molar-refractivity contribution in [3.05, 3.63) is 34.7 Å². The molecule has 0 atom stereocenters. The van der Waals surface area contributed by atoms with Crippen molar-refractivity contribution in [1.29, 1.82) is 0 Å². The zero-order valence-electron chi connectivity index (χ0n) is 11.5. The minimum absolute atomic E-state index is 0.207. The Balaban J connectivity index is 2.20. The summed E-state index contributed by atoms with van der Waals surface area (Å²) in [7, 11) is 3.83. The van der Waals surface area contributed by atoms with E-state index in [1.54, 1.807) is 6.08 Å². The number of carboxylic acids is 1. The van der Waals surface area contributed by atoms with Crippen LogP contribution in [0.2, 0.25) is 0 Å². The minimum atomic E-state index is -1.46. The Labute approximate surface area is 126 Å². The van der Waals surface area contributed by atoms with Crippen LogP contribution in [0.1, 0.15) is 5.56 Å². The van der Waals surface area contributed by atoms with Crippen LogP contribution in [0.25, 0.3) is 6.08 Å². The van der Waals surface area contributed by atoms with E-state index in [0.717, 1.165) is 23.0 Å². The maximum absolute atomic E-state index is 11.9. The van der Waals surface area contributed by atoms with Crippen LogP contribution < -0.4 is 10.0 Å². The molecule has 0 aromatic heterocycles. The van der Waals surface area contributed by atoms with Crippen LogP contribution in [-0.2, 0) is 9.59 Å². The molecular formula is C14H13N2O4S-. The van der Waals surface area contributed by atoms with E-state index >= 15 is 0 Å². The predicted molar refractivity (Wildman–Crippen MR) is 78.5 cm³/mol. The van der Waals surface area contributed by atoms with Gasteiger partial charge in [0.05, 0.1) is 17.4 Å². The molecule has 0 bridgehead atoms. The van der Waals surface area contributed by atoms with Gasteiger partial charge in [0.1, 0.15) is 0 Å². The number of carbonyl (C=O) groups is 3. The molecule has 1 aliphatic heterocycles. The second-order valence-electron chi connectivity index (χ2n) is 4.63. The maximum Gasteiger partial charge on any atom is 0.293 e. The number of aliphatic carboxylic acids is 1. The average molecular weight is 305 g/mol. The van der Waals surface area contributed by atoms with E-state index in [1.807, 2.05) is 43.3 Å². The fraction of sp³-hybridized carbons (Fsp3) is 0.214. The van der Waals surface area contributed by atoms with Crippen LogP contribution in [0.5, 0.6) is 0 Å². The largest absolute Gasteiger partial charge is 0.548 e. The average Bonchev–Trinajstić information content (AvgIpc) is 2.67. The van der Waals surface area contributed by atoms with Crippen molar-refractivity contribution in [2.45, 2.75) is 0 Å². The van der Waals surface area contributed by atoms with Crippen molar-refractivity contribution in [3.8, 4) is 0 Å². The first kappa shape index (κ1) is 15.1. The van der Waals surface area contributed by atoms with Gasteiger partial charge < -0.3 is 14.8 Å². The van der Waals surface area contributed by atoms with E-state index < -0.39 is 23.7 Å². The second-order valence-corrected chi connectivity index (χ2v) is 5.62. The molecule has 1 heterocycles. The molecule has 1 aromatic rings. The smallest absolute Gasteiger partial charge is 0.293 e. The highest BCUT2D eigenvalue weighted by Crippen LogP contribution is 2.32. The summed E-state index contributed by atoms with van der Waals surface area (Å²) in [6, 6.07) is 7.42. The summed E-state index contributed by atoms with van der Waals surface area (Å²) in [5, 5.41) is 9.93. The van der Waals surface area contributed by atoms with Crippen LogP contribution in [0.4, 0.5) is 10.5 Å². The summed E-state index contributed by atoms with van der Waals surface area (Å²) in [5.41, 5.74) is 1.77. The summed E-state index contributed by atoms with van der Waals surface area (Å²) in [6.45, 7) is -0.721. The number of anilines is 1. The van der Waals surface area contributed by atoms with E-state index in [9.17, 15) is 19.5 Å². The number of hydrogen-bond acceptors (Lipinski definition) is 6. The Morgan fingerprint density at radius 3 is 2.43 bits per heavy atom. The zero-order chi connectivity index (χ0) is 15.6. The predicted octanol–water partition coefficient (Wildman–Crippen LogP) is 0.539. The Kier molecular flexibility index (Phi) is 4.32. The second kappa shape index (κ2) is 6.01. The third-order valence-electron chi connectivity index (χ3n) is 2.87. The van der Waals surface area contributed by atoms with Gasteiger partial charge in [0.15, 0.2) is 0 Å². The number of imide groups is 1. The molecule has 1 aliphatic rings. The molecule has 0 spiro atoms. The van der Waals surface area contributed by atoms with Gasteiger partial charge in [-0.05, 0) is 35.5 Å². The summed E-state index contributed by atoms with van der Waals surface area (Å²) in [5.74, 6) is -2.07. The Morgan fingerprint density at radius 1 is 1.29 bits per heavy atom. The lowest BCUT2D eigenvalue weighted by atomic mass is 10.2. The molecule has 2 amide bonds. The van der Waals surface area contributed by atoms with Crippen LogP contribution in [-0.4, -0.2) is 42.7 Å². The zero-order valence-corrected chi connectivity index (χ0v) is 12.3. The Bertz CT molecular complexity index is 622. The molecule has 6 nitrogen and oxygen atoms in total. The molecule has 110 valence electrons. The number of benzene rings is 1. The van der Waals surface area contributed by atoms with Gasteiger partial charge in [-0.15, -0.1) is 0 Å². The number of amides is 2. The van der Waals surface area contributed by atoms with Crippen molar-refractivity contribution >= 4 is 40.6 Å². The number of carbonyl (C=O) groups excluding carboxylic acids is 3. The molecule has 21 heavy (non-hydrogen) atoms. The normalized spacial score (nSPS) is 16.7.